The van der Waals surface area contributed by atoms with Crippen LogP contribution in [-0.2, 0) is 34.1 Å². The third kappa shape index (κ3) is 13.6. The quantitative estimate of drug-likeness (QED) is 0.0213. The molecular weight excluding hydrogens is 970 g/mol. The summed E-state index contributed by atoms with van der Waals surface area (Å²) < 4.78 is 47.7. The van der Waals surface area contributed by atoms with Crippen LogP contribution in [0.5, 0.6) is 23.0 Å². The number of aliphatic hydroxyl groups is 2. The topological polar surface area (TPSA) is 172 Å². The number of nitro benzene ring substituents is 1. The minimum Gasteiger partial charge on any atom is -0.489 e. The van der Waals surface area contributed by atoms with Crippen molar-refractivity contribution < 1.29 is 52.8 Å². The number of rotatable bonds is 31. The number of carbonyl (C=O) groups excluding carboxylic acids is 1. The molecule has 4 aromatic rings. The predicted octanol–water partition coefficient (Wildman–Crippen LogP) is 12.8. The number of unbranched alkanes of at least 4 members (excludes halogenated alkanes) is 10. The van der Waals surface area contributed by atoms with Gasteiger partial charge in [-0.25, -0.2) is 4.39 Å². The predicted molar refractivity (Wildman–Crippen MR) is 289 cm³/mol. The van der Waals surface area contributed by atoms with Crippen LogP contribution in [0.25, 0.3) is 0 Å². The third-order valence-electron chi connectivity index (χ3n) is 15.5. The lowest BCUT2D eigenvalue weighted by atomic mass is 9.55. The van der Waals surface area contributed by atoms with Crippen LogP contribution in [0.4, 0.5) is 10.1 Å². The molecule has 14 nitrogen and oxygen atoms in total. The van der Waals surface area contributed by atoms with Crippen molar-refractivity contribution in [3.05, 3.63) is 147 Å². The van der Waals surface area contributed by atoms with Crippen LogP contribution in [-0.4, -0.2) is 70.1 Å². The van der Waals surface area contributed by atoms with E-state index in [4.69, 9.17) is 33.7 Å². The molecule has 4 aromatic carbocycles. The van der Waals surface area contributed by atoms with Gasteiger partial charge in [-0.1, -0.05) is 113 Å². The number of oxime groups is 1. The van der Waals surface area contributed by atoms with Crippen molar-refractivity contribution in [2.24, 2.45) is 22.9 Å². The lowest BCUT2D eigenvalue weighted by Crippen LogP contribution is -2.70. The van der Waals surface area contributed by atoms with Gasteiger partial charge in [0.05, 0.1) is 23.2 Å². The molecule has 8 rings (SSSR count). The standard InChI is InChI=1S/C61H76FN3O11/c1-3-5-6-7-8-9-10-11-12-23-58(68)64(39-44-26-30-55-56(35-44)73-42-72-55)57-38-53(63-75-40-43-24-27-47(28-25-43)65(69)70)50-36-45(19-15-17-32-66)49(21-16-18-33-67)59-51-37-48(71-41-46-20-13-14-22-52(46)62)29-31-54(51)76-61(57,60(50)59)74-34-4-2/h4,13-14,20,22,24-31,35-37,45,49,57,59-60,66-67H,2-3,5-12,15-19,21,23,32-34,38-42H2,1H3/t45-,49+,57-,59+,60+,61+/m0/s1. The van der Waals surface area contributed by atoms with Gasteiger partial charge in [0.1, 0.15) is 36.6 Å². The highest BCUT2D eigenvalue weighted by Crippen LogP contribution is 2.62. The number of hydrogen-bond acceptors (Lipinski definition) is 12. The Kier molecular flexibility index (Phi) is 20.4. The molecule has 15 heteroatoms. The Morgan fingerprint density at radius 2 is 1.57 bits per heavy atom. The second-order valence-corrected chi connectivity index (χ2v) is 20.6. The number of allylic oxidation sites excluding steroid dienone is 1. The van der Waals surface area contributed by atoms with Crippen LogP contribution in [0.15, 0.2) is 114 Å². The first-order chi connectivity index (χ1) is 37.2. The van der Waals surface area contributed by atoms with Crippen molar-refractivity contribution in [2.75, 3.05) is 26.6 Å². The second kappa shape index (κ2) is 27.7. The Balaban J connectivity index is 1.26. The first-order valence-electron chi connectivity index (χ1n) is 27.7. The lowest BCUT2D eigenvalue weighted by Gasteiger charge is -2.60. The largest absolute Gasteiger partial charge is 0.489 e. The molecule has 2 heterocycles. The first-order valence-corrected chi connectivity index (χ1v) is 27.7. The molecule has 2 aliphatic carbocycles. The van der Waals surface area contributed by atoms with Crippen LogP contribution in [0, 0.1) is 33.7 Å². The Hall–Kier alpha value is -6.29. The maximum atomic E-state index is 15.5. The van der Waals surface area contributed by atoms with E-state index >= 15 is 4.79 Å². The Morgan fingerprint density at radius 1 is 0.855 bits per heavy atom. The normalized spacial score (nSPS) is 21.5. The van der Waals surface area contributed by atoms with Gasteiger partial charge in [-0.3, -0.25) is 14.9 Å². The van der Waals surface area contributed by atoms with Gasteiger partial charge in [0.15, 0.2) is 11.5 Å². The van der Waals surface area contributed by atoms with E-state index in [9.17, 15) is 24.7 Å². The van der Waals surface area contributed by atoms with Gasteiger partial charge in [-0.2, -0.15) is 0 Å². The number of aliphatic hydroxyl groups excluding tert-OH is 2. The molecule has 1 amide bonds. The zero-order valence-corrected chi connectivity index (χ0v) is 44.1. The molecule has 0 saturated heterocycles. The van der Waals surface area contributed by atoms with Crippen molar-refractivity contribution >= 4 is 17.3 Å². The summed E-state index contributed by atoms with van der Waals surface area (Å²) in [4.78, 5) is 34.7. The van der Waals surface area contributed by atoms with Crippen molar-refractivity contribution in [3.63, 3.8) is 0 Å². The molecule has 76 heavy (non-hydrogen) atoms. The maximum Gasteiger partial charge on any atom is 0.269 e. The number of nitrogens with zero attached hydrogens (tertiary/aromatic N) is 3. The van der Waals surface area contributed by atoms with E-state index in [1.165, 1.54) is 50.3 Å². The molecule has 1 fully saturated rings. The average Bonchev–Trinajstić information content (AvgIpc) is 3.95. The molecule has 6 atom stereocenters. The van der Waals surface area contributed by atoms with E-state index in [0.29, 0.717) is 65.5 Å². The van der Waals surface area contributed by atoms with Gasteiger partial charge >= 0.3 is 0 Å². The molecule has 2 N–H and O–H groups in total. The molecule has 2 aliphatic heterocycles. The zero-order valence-electron chi connectivity index (χ0n) is 44.1. The van der Waals surface area contributed by atoms with Crippen molar-refractivity contribution in [1.82, 2.24) is 4.90 Å². The second-order valence-electron chi connectivity index (χ2n) is 20.6. The van der Waals surface area contributed by atoms with Gasteiger partial charge < -0.3 is 43.6 Å². The molecule has 0 radical (unpaired) electrons. The number of halogens is 1. The summed E-state index contributed by atoms with van der Waals surface area (Å²) >= 11 is 0. The number of benzene rings is 4. The van der Waals surface area contributed by atoms with Crippen LogP contribution in [0.2, 0.25) is 0 Å². The summed E-state index contributed by atoms with van der Waals surface area (Å²) in [6.07, 6.45) is 18.6. The fraction of sp³-hybridized carbons (Fsp3) is 0.508. The minimum atomic E-state index is -1.51. The highest BCUT2D eigenvalue weighted by atomic mass is 19.1. The van der Waals surface area contributed by atoms with E-state index < -0.39 is 22.7 Å². The van der Waals surface area contributed by atoms with E-state index in [0.717, 1.165) is 61.6 Å². The molecular formula is C61H76FN3O11. The highest BCUT2D eigenvalue weighted by molar-refractivity contribution is 6.03. The van der Waals surface area contributed by atoms with Crippen molar-refractivity contribution in [1.29, 1.82) is 0 Å². The average molecular weight is 1050 g/mol. The molecule has 0 aromatic heterocycles. The molecule has 0 spiro atoms. The highest BCUT2D eigenvalue weighted by Gasteiger charge is 2.65. The molecule has 4 aliphatic rings. The monoisotopic (exact) mass is 1050 g/mol. The number of fused-ring (bicyclic) bond motifs is 3. The summed E-state index contributed by atoms with van der Waals surface area (Å²) in [5, 5.41) is 36.7. The van der Waals surface area contributed by atoms with E-state index in [-0.39, 0.29) is 88.0 Å². The third-order valence-corrected chi connectivity index (χ3v) is 15.5. The first kappa shape index (κ1) is 55.9. The van der Waals surface area contributed by atoms with Gasteiger partial charge in [0.25, 0.3) is 5.69 Å². The van der Waals surface area contributed by atoms with Crippen LogP contribution in [0.3, 0.4) is 0 Å². The summed E-state index contributed by atoms with van der Waals surface area (Å²) in [5.74, 6) is -0.604. The molecule has 1 saturated carbocycles. The summed E-state index contributed by atoms with van der Waals surface area (Å²) in [7, 11) is 0. The number of hydrogen-bond donors (Lipinski definition) is 2. The fourth-order valence-corrected chi connectivity index (χ4v) is 11.8. The van der Waals surface area contributed by atoms with Crippen LogP contribution >= 0.6 is 0 Å². The van der Waals surface area contributed by atoms with Crippen molar-refractivity contribution in [3.8, 4) is 23.0 Å². The Morgan fingerprint density at radius 3 is 2.30 bits per heavy atom. The number of ether oxygens (including phenoxy) is 5. The lowest BCUT2D eigenvalue weighted by molar-refractivity contribution is -0.384. The summed E-state index contributed by atoms with van der Waals surface area (Å²) in [6.45, 7) is 6.82. The van der Waals surface area contributed by atoms with Crippen LogP contribution in [0.1, 0.15) is 144 Å². The van der Waals surface area contributed by atoms with E-state index in [2.05, 4.69) is 19.6 Å². The SMILES string of the molecule is C=CCO[C@@]12Oc3ccc(OCc4ccccc4F)cc3[C@H]3[C@H](CCCCO)[C@@H](CCCCO)C=C(C(=NOCc4ccc([N+](=O)[O-])cc4)C[C@@H]1N(Cc1ccc4c(c1)OCO4)C(=O)CCCCCCCCCCC)[C@H]32. The van der Waals surface area contributed by atoms with Crippen LogP contribution < -0.4 is 18.9 Å². The minimum absolute atomic E-state index is 0.00251. The summed E-state index contributed by atoms with van der Waals surface area (Å²) in [5.41, 5.74) is 4.25. The number of amides is 1. The smallest absolute Gasteiger partial charge is 0.269 e. The van der Waals surface area contributed by atoms with Gasteiger partial charge in [0.2, 0.25) is 18.5 Å². The summed E-state index contributed by atoms with van der Waals surface area (Å²) in [6, 6.07) is 23.4. The van der Waals surface area contributed by atoms with E-state index in [1.54, 1.807) is 36.4 Å². The Bertz CT molecular complexity index is 2620. The van der Waals surface area contributed by atoms with Gasteiger partial charge in [0, 0.05) is 61.8 Å². The Labute approximate surface area is 447 Å². The van der Waals surface area contributed by atoms with Crippen molar-refractivity contribution in [2.45, 2.75) is 154 Å². The molecule has 408 valence electrons. The molecule has 0 bridgehead atoms. The van der Waals surface area contributed by atoms with E-state index in [1.807, 2.05) is 41.3 Å². The zero-order chi connectivity index (χ0) is 53.3. The maximum absolute atomic E-state index is 15.5. The van der Waals surface area contributed by atoms with Gasteiger partial charge in [-0.05, 0) is 109 Å². The fourth-order valence-electron chi connectivity index (χ4n) is 11.8. The number of carbonyl (C=O) groups is 1. The molecule has 0 unspecified atom stereocenters. The van der Waals surface area contributed by atoms with Gasteiger partial charge in [-0.15, -0.1) is 6.58 Å². The number of non-ortho nitro benzene ring substituents is 1. The number of nitro groups is 1.